The van der Waals surface area contributed by atoms with E-state index in [0.717, 1.165) is 12.8 Å². The molecule has 18 heavy (non-hydrogen) atoms. The predicted octanol–water partition coefficient (Wildman–Crippen LogP) is 1.38. The minimum absolute atomic E-state index is 0.110. The highest BCUT2D eigenvalue weighted by Gasteiger charge is 2.26. The number of carbonyl (C=O) groups excluding carboxylic acids is 1. The number of carboxylic acids is 1. The van der Waals surface area contributed by atoms with Crippen molar-refractivity contribution in [1.29, 1.82) is 0 Å². The van der Waals surface area contributed by atoms with Gasteiger partial charge in [0.2, 0.25) is 5.91 Å². The highest BCUT2D eigenvalue weighted by atomic mass is 16.4. The second kappa shape index (κ2) is 5.21. The molecule has 2 atom stereocenters. The molecule has 0 aromatic heterocycles. The number of fused-ring (bicyclic) bond motifs is 1. The van der Waals surface area contributed by atoms with Crippen molar-refractivity contribution < 1.29 is 14.7 Å². The Morgan fingerprint density at radius 3 is 2.67 bits per heavy atom. The van der Waals surface area contributed by atoms with Gasteiger partial charge in [-0.05, 0) is 37.3 Å². The first kappa shape index (κ1) is 12.6. The number of benzene rings is 1. The first-order valence-corrected chi connectivity index (χ1v) is 6.18. The van der Waals surface area contributed by atoms with Crippen molar-refractivity contribution >= 4 is 11.9 Å². The molecule has 1 aromatic carbocycles. The maximum Gasteiger partial charge on any atom is 0.325 e. The topological polar surface area (TPSA) is 66.4 Å². The van der Waals surface area contributed by atoms with Crippen LogP contribution in [0.1, 0.15) is 24.5 Å². The Morgan fingerprint density at radius 2 is 2.00 bits per heavy atom. The third kappa shape index (κ3) is 2.70. The summed E-state index contributed by atoms with van der Waals surface area (Å²) in [4.78, 5) is 22.6. The Hall–Kier alpha value is -1.84. The van der Waals surface area contributed by atoms with Gasteiger partial charge in [-0.2, -0.15) is 0 Å². The minimum Gasteiger partial charge on any atom is -0.480 e. The van der Waals surface area contributed by atoms with E-state index in [9.17, 15) is 9.59 Å². The highest BCUT2D eigenvalue weighted by Crippen LogP contribution is 2.25. The predicted molar refractivity (Wildman–Crippen MR) is 67.2 cm³/mol. The molecule has 0 saturated carbocycles. The van der Waals surface area contributed by atoms with Gasteiger partial charge in [0.05, 0.1) is 0 Å². The summed E-state index contributed by atoms with van der Waals surface area (Å²) in [6, 6.07) is 7.28. The normalized spacial score (nSPS) is 19.7. The molecule has 4 heteroatoms. The maximum absolute atomic E-state index is 11.9. The molecule has 0 bridgehead atoms. The van der Waals surface area contributed by atoms with Crippen molar-refractivity contribution in [3.8, 4) is 0 Å². The van der Waals surface area contributed by atoms with E-state index in [1.807, 2.05) is 18.2 Å². The molecule has 1 aliphatic rings. The zero-order valence-electron chi connectivity index (χ0n) is 10.3. The van der Waals surface area contributed by atoms with E-state index in [1.54, 1.807) is 0 Å². The lowest BCUT2D eigenvalue weighted by molar-refractivity contribution is -0.142. The Labute approximate surface area is 106 Å². The molecule has 0 saturated heterocycles. The second-order valence-corrected chi connectivity index (χ2v) is 4.78. The molecule has 0 spiro atoms. The molecule has 0 fully saturated rings. The van der Waals surface area contributed by atoms with E-state index in [2.05, 4.69) is 11.4 Å². The largest absolute Gasteiger partial charge is 0.480 e. The van der Waals surface area contributed by atoms with Crippen LogP contribution in [-0.4, -0.2) is 23.0 Å². The molecule has 0 radical (unpaired) electrons. The number of hydrogen-bond donors (Lipinski definition) is 2. The number of amides is 1. The van der Waals surface area contributed by atoms with Gasteiger partial charge in [-0.25, -0.2) is 0 Å². The van der Waals surface area contributed by atoms with Gasteiger partial charge in [-0.15, -0.1) is 0 Å². The van der Waals surface area contributed by atoms with Crippen molar-refractivity contribution in [2.45, 2.75) is 32.2 Å². The van der Waals surface area contributed by atoms with Gasteiger partial charge >= 0.3 is 5.97 Å². The third-order valence-corrected chi connectivity index (χ3v) is 3.45. The van der Waals surface area contributed by atoms with Gasteiger partial charge < -0.3 is 10.4 Å². The van der Waals surface area contributed by atoms with Gasteiger partial charge in [-0.3, -0.25) is 9.59 Å². The molecule has 2 rings (SSSR count). The number of hydrogen-bond acceptors (Lipinski definition) is 2. The number of carboxylic acid groups (broad SMARTS) is 1. The zero-order chi connectivity index (χ0) is 13.1. The van der Waals surface area contributed by atoms with Crippen LogP contribution in [0.25, 0.3) is 0 Å². The minimum atomic E-state index is -1.00. The molecule has 1 aromatic rings. The molecule has 0 aliphatic heterocycles. The van der Waals surface area contributed by atoms with Crippen LogP contribution in [0.4, 0.5) is 0 Å². The fourth-order valence-corrected chi connectivity index (χ4v) is 2.31. The Kier molecular flexibility index (Phi) is 3.65. The molecule has 2 N–H and O–H groups in total. The summed E-state index contributed by atoms with van der Waals surface area (Å²) in [5, 5.41) is 11.3. The standard InChI is InChI=1S/C14H17NO3/c1-9(14(17)18)15-13(16)12-7-6-10-4-2-3-5-11(10)8-12/h2-5,9,12H,6-8H2,1H3,(H,15,16)(H,17,18)/t9-,12?/m1/s1. The van der Waals surface area contributed by atoms with Gasteiger partial charge in [0.25, 0.3) is 0 Å². The number of rotatable bonds is 3. The summed E-state index contributed by atoms with van der Waals surface area (Å²) in [5.74, 6) is -1.26. The lowest BCUT2D eigenvalue weighted by Crippen LogP contribution is -2.43. The van der Waals surface area contributed by atoms with Crippen LogP contribution in [0.3, 0.4) is 0 Å². The molecular weight excluding hydrogens is 230 g/mol. The van der Waals surface area contributed by atoms with Crippen molar-refractivity contribution in [1.82, 2.24) is 5.32 Å². The van der Waals surface area contributed by atoms with Crippen LogP contribution in [0, 0.1) is 5.92 Å². The molecule has 1 unspecified atom stereocenters. The fourth-order valence-electron chi connectivity index (χ4n) is 2.31. The van der Waals surface area contributed by atoms with Crippen LogP contribution in [0.5, 0.6) is 0 Å². The smallest absolute Gasteiger partial charge is 0.325 e. The van der Waals surface area contributed by atoms with E-state index < -0.39 is 12.0 Å². The van der Waals surface area contributed by atoms with E-state index >= 15 is 0 Å². The van der Waals surface area contributed by atoms with E-state index in [4.69, 9.17) is 5.11 Å². The number of carbonyl (C=O) groups is 2. The van der Waals surface area contributed by atoms with Crippen LogP contribution in [0.15, 0.2) is 24.3 Å². The number of aliphatic carboxylic acids is 1. The average Bonchev–Trinajstić information content (AvgIpc) is 2.37. The third-order valence-electron chi connectivity index (χ3n) is 3.45. The van der Waals surface area contributed by atoms with Crippen LogP contribution in [-0.2, 0) is 22.4 Å². The average molecular weight is 247 g/mol. The summed E-state index contributed by atoms with van der Waals surface area (Å²) in [7, 11) is 0. The van der Waals surface area contributed by atoms with Crippen molar-refractivity contribution in [3.05, 3.63) is 35.4 Å². The lowest BCUT2D eigenvalue weighted by Gasteiger charge is -2.24. The summed E-state index contributed by atoms with van der Waals surface area (Å²) in [6.07, 6.45) is 2.37. The molecular formula is C14H17NO3. The Balaban J connectivity index is 2.00. The maximum atomic E-state index is 11.9. The van der Waals surface area contributed by atoms with E-state index in [0.29, 0.717) is 6.42 Å². The van der Waals surface area contributed by atoms with Gasteiger partial charge in [0.1, 0.15) is 6.04 Å². The molecule has 4 nitrogen and oxygen atoms in total. The Morgan fingerprint density at radius 1 is 1.33 bits per heavy atom. The monoisotopic (exact) mass is 247 g/mol. The summed E-state index contributed by atoms with van der Waals surface area (Å²) in [5.41, 5.74) is 2.50. The Bertz CT molecular complexity index is 470. The first-order chi connectivity index (χ1) is 8.58. The van der Waals surface area contributed by atoms with E-state index in [1.165, 1.54) is 18.1 Å². The fraction of sp³-hybridized carbons (Fsp3) is 0.429. The number of aryl methyl sites for hydroxylation is 1. The quantitative estimate of drug-likeness (QED) is 0.848. The van der Waals surface area contributed by atoms with Crippen LogP contribution >= 0.6 is 0 Å². The SMILES string of the molecule is C[C@@H](NC(=O)C1CCc2ccccc2C1)C(=O)O. The van der Waals surface area contributed by atoms with Crippen molar-refractivity contribution in [3.63, 3.8) is 0 Å². The molecule has 0 heterocycles. The van der Waals surface area contributed by atoms with Crippen molar-refractivity contribution in [2.75, 3.05) is 0 Å². The van der Waals surface area contributed by atoms with Gasteiger partial charge in [-0.1, -0.05) is 24.3 Å². The molecule has 1 aliphatic carbocycles. The molecule has 96 valence electrons. The van der Waals surface area contributed by atoms with Gasteiger partial charge in [0, 0.05) is 5.92 Å². The number of nitrogens with one attached hydrogen (secondary N) is 1. The summed E-state index contributed by atoms with van der Waals surface area (Å²) >= 11 is 0. The van der Waals surface area contributed by atoms with Crippen LogP contribution in [0.2, 0.25) is 0 Å². The summed E-state index contributed by atoms with van der Waals surface area (Å²) in [6.45, 7) is 1.48. The van der Waals surface area contributed by atoms with E-state index in [-0.39, 0.29) is 11.8 Å². The zero-order valence-corrected chi connectivity index (χ0v) is 10.3. The molecule has 1 amide bonds. The highest BCUT2D eigenvalue weighted by molar-refractivity contribution is 5.85. The van der Waals surface area contributed by atoms with Gasteiger partial charge in [0.15, 0.2) is 0 Å². The first-order valence-electron chi connectivity index (χ1n) is 6.18. The lowest BCUT2D eigenvalue weighted by atomic mass is 9.83. The second-order valence-electron chi connectivity index (χ2n) is 4.78. The van der Waals surface area contributed by atoms with Crippen LogP contribution < -0.4 is 5.32 Å². The van der Waals surface area contributed by atoms with Crippen molar-refractivity contribution in [2.24, 2.45) is 5.92 Å². The summed E-state index contributed by atoms with van der Waals surface area (Å²) < 4.78 is 0.